The minimum atomic E-state index is -1.21. The highest BCUT2D eigenvalue weighted by molar-refractivity contribution is 6.30. The first-order valence-electron chi connectivity index (χ1n) is 12.0. The predicted octanol–water partition coefficient (Wildman–Crippen LogP) is 3.64. The molecule has 0 aliphatic rings. The maximum absolute atomic E-state index is 12.8. The number of nitrogens with zero attached hydrogens (tertiary/aromatic N) is 2. The number of nitrogens with one attached hydrogen (secondary N) is 1. The summed E-state index contributed by atoms with van der Waals surface area (Å²) in [6.07, 6.45) is 1.57. The Bertz CT molecular complexity index is 1150. The van der Waals surface area contributed by atoms with Gasteiger partial charge in [-0.1, -0.05) is 67.4 Å². The fourth-order valence-electron chi connectivity index (χ4n) is 3.73. The Morgan fingerprint density at radius 3 is 2.42 bits per heavy atom. The van der Waals surface area contributed by atoms with E-state index in [1.807, 2.05) is 34.9 Å². The summed E-state index contributed by atoms with van der Waals surface area (Å²) in [6.45, 7) is 3.78. The van der Waals surface area contributed by atoms with Crippen molar-refractivity contribution >= 4 is 23.5 Å². The first-order chi connectivity index (χ1) is 17.3. The molecule has 3 N–H and O–H groups in total. The number of halogens is 1. The average molecular weight is 514 g/mol. The molecule has 0 aliphatic heterocycles. The van der Waals surface area contributed by atoms with Crippen LogP contribution >= 0.6 is 11.6 Å². The van der Waals surface area contributed by atoms with Gasteiger partial charge in [0.05, 0.1) is 18.4 Å². The number of imidazole rings is 1. The summed E-state index contributed by atoms with van der Waals surface area (Å²) < 4.78 is 7.19. The zero-order chi connectivity index (χ0) is 26.1. The summed E-state index contributed by atoms with van der Waals surface area (Å²) in [5, 5.41) is 22.7. The number of esters is 1. The van der Waals surface area contributed by atoms with E-state index in [0.29, 0.717) is 23.0 Å². The van der Waals surface area contributed by atoms with Crippen LogP contribution in [-0.4, -0.2) is 43.8 Å². The smallest absolute Gasteiger partial charge is 0.331 e. The molecule has 2 aromatic carbocycles. The zero-order valence-electron chi connectivity index (χ0n) is 20.5. The van der Waals surface area contributed by atoms with Gasteiger partial charge in [0.15, 0.2) is 11.2 Å². The number of ether oxygens (including phenoxy) is 1. The Kier molecular flexibility index (Phi) is 10.0. The summed E-state index contributed by atoms with van der Waals surface area (Å²) in [5.41, 5.74) is 2.58. The van der Waals surface area contributed by atoms with E-state index < -0.39 is 24.0 Å². The number of hydrogen-bond donors (Lipinski definition) is 3. The second-order valence-corrected chi connectivity index (χ2v) is 8.95. The highest BCUT2D eigenvalue weighted by Crippen LogP contribution is 2.21. The number of unbranched alkanes of at least 4 members (excludes halogenated alkanes) is 1. The molecule has 1 aromatic heterocycles. The van der Waals surface area contributed by atoms with Crippen molar-refractivity contribution in [1.29, 1.82) is 0 Å². The van der Waals surface area contributed by atoms with Gasteiger partial charge < -0.3 is 24.8 Å². The molecule has 1 heterocycles. The molecular weight excluding hydrogens is 482 g/mol. The summed E-state index contributed by atoms with van der Waals surface area (Å²) in [7, 11) is 0. The lowest BCUT2D eigenvalue weighted by Gasteiger charge is -2.20. The molecule has 0 radical (unpaired) electrons. The molecule has 0 fully saturated rings. The Balaban J connectivity index is 1.66. The Morgan fingerprint density at radius 2 is 1.81 bits per heavy atom. The molecule has 192 valence electrons. The second kappa shape index (κ2) is 13.2. The number of aromatic nitrogens is 2. The molecule has 0 unspecified atom stereocenters. The lowest BCUT2D eigenvalue weighted by Crippen LogP contribution is -2.48. The molecule has 0 saturated carbocycles. The van der Waals surface area contributed by atoms with Crippen LogP contribution in [0.5, 0.6) is 0 Å². The molecule has 3 aromatic rings. The van der Waals surface area contributed by atoms with Gasteiger partial charge in [0.25, 0.3) is 5.91 Å². The van der Waals surface area contributed by atoms with Crippen LogP contribution in [0, 0.1) is 0 Å². The number of aliphatic hydroxyl groups excluding tert-OH is 2. The molecule has 9 heteroatoms. The van der Waals surface area contributed by atoms with Crippen molar-refractivity contribution in [2.45, 2.75) is 65.0 Å². The number of hydrogen-bond acceptors (Lipinski definition) is 6. The van der Waals surface area contributed by atoms with Crippen molar-refractivity contribution in [3.05, 3.63) is 88.0 Å². The maximum atomic E-state index is 12.8. The van der Waals surface area contributed by atoms with Crippen LogP contribution in [0.3, 0.4) is 0 Å². The SMILES string of the molecule is CCCCc1nc(Cl)c(CO)n1Cc1ccc(C(=O)N[C@H](C(=O)OCc2ccccc2)[C@@H](C)O)cc1. The van der Waals surface area contributed by atoms with Crippen molar-refractivity contribution in [2.24, 2.45) is 0 Å². The van der Waals surface area contributed by atoms with Crippen molar-refractivity contribution in [1.82, 2.24) is 14.9 Å². The average Bonchev–Trinajstić information content (AvgIpc) is 3.18. The van der Waals surface area contributed by atoms with Crippen LogP contribution in [0.2, 0.25) is 5.15 Å². The first kappa shape index (κ1) is 27.4. The minimum absolute atomic E-state index is 0.0435. The maximum Gasteiger partial charge on any atom is 0.331 e. The summed E-state index contributed by atoms with van der Waals surface area (Å²) in [5.74, 6) is -0.414. The predicted molar refractivity (Wildman–Crippen MR) is 136 cm³/mol. The second-order valence-electron chi connectivity index (χ2n) is 8.60. The molecule has 0 bridgehead atoms. The summed E-state index contributed by atoms with van der Waals surface area (Å²) >= 11 is 6.22. The Morgan fingerprint density at radius 1 is 1.11 bits per heavy atom. The number of aliphatic hydroxyl groups is 2. The van der Waals surface area contributed by atoms with Gasteiger partial charge in [-0.2, -0.15) is 0 Å². The van der Waals surface area contributed by atoms with Crippen LogP contribution in [0.1, 0.15) is 59.7 Å². The third kappa shape index (κ3) is 7.16. The molecular formula is C27H32ClN3O5. The minimum Gasteiger partial charge on any atom is -0.459 e. The number of amides is 1. The summed E-state index contributed by atoms with van der Waals surface area (Å²) in [4.78, 5) is 29.7. The topological polar surface area (TPSA) is 114 Å². The van der Waals surface area contributed by atoms with Crippen molar-refractivity contribution < 1.29 is 24.5 Å². The number of carbonyl (C=O) groups is 2. The fraction of sp³-hybridized carbons (Fsp3) is 0.370. The van der Waals surface area contributed by atoms with Gasteiger partial charge in [-0.25, -0.2) is 9.78 Å². The lowest BCUT2D eigenvalue weighted by molar-refractivity contribution is -0.150. The monoisotopic (exact) mass is 513 g/mol. The summed E-state index contributed by atoms with van der Waals surface area (Å²) in [6, 6.07) is 14.8. The molecule has 3 rings (SSSR count). The highest BCUT2D eigenvalue weighted by Gasteiger charge is 2.27. The molecule has 2 atom stereocenters. The molecule has 36 heavy (non-hydrogen) atoms. The number of rotatable bonds is 12. The van der Waals surface area contributed by atoms with Crippen LogP contribution in [-0.2, 0) is 35.7 Å². The van der Waals surface area contributed by atoms with Gasteiger partial charge >= 0.3 is 5.97 Å². The quantitative estimate of drug-likeness (QED) is 0.319. The van der Waals surface area contributed by atoms with E-state index in [1.165, 1.54) is 6.92 Å². The molecule has 0 saturated heterocycles. The number of benzene rings is 2. The van der Waals surface area contributed by atoms with Crippen molar-refractivity contribution in [2.75, 3.05) is 0 Å². The number of aryl methyl sites for hydroxylation is 1. The highest BCUT2D eigenvalue weighted by atomic mass is 35.5. The molecule has 1 amide bonds. The van der Waals surface area contributed by atoms with Gasteiger partial charge in [-0.05, 0) is 36.6 Å². The van der Waals surface area contributed by atoms with Crippen molar-refractivity contribution in [3.63, 3.8) is 0 Å². The van der Waals surface area contributed by atoms with E-state index in [1.54, 1.807) is 24.3 Å². The normalized spacial score (nSPS) is 12.7. The van der Waals surface area contributed by atoms with Crippen LogP contribution in [0.4, 0.5) is 0 Å². The standard InChI is InChI=1S/C27H32ClN3O5/c1-3-4-10-23-29-25(28)22(16-32)31(23)15-19-11-13-21(14-12-19)26(34)30-24(18(2)33)27(35)36-17-20-8-6-5-7-9-20/h5-9,11-14,18,24,32-33H,3-4,10,15-17H2,1-2H3,(H,30,34)/t18-,24+/m1/s1. The molecule has 0 spiro atoms. The van der Waals surface area contributed by atoms with E-state index in [9.17, 15) is 19.8 Å². The Labute approximate surface area is 215 Å². The lowest BCUT2D eigenvalue weighted by atomic mass is 10.1. The Hall–Kier alpha value is -3.20. The van der Waals surface area contributed by atoms with E-state index in [-0.39, 0.29) is 13.2 Å². The molecule has 8 nitrogen and oxygen atoms in total. The third-order valence-corrected chi connectivity index (χ3v) is 6.11. The molecule has 0 aliphatic carbocycles. The first-order valence-corrected chi connectivity index (χ1v) is 12.3. The van der Waals surface area contributed by atoms with Crippen LogP contribution in [0.15, 0.2) is 54.6 Å². The zero-order valence-corrected chi connectivity index (χ0v) is 21.2. The van der Waals surface area contributed by atoms with Gasteiger partial charge in [0, 0.05) is 18.5 Å². The van der Waals surface area contributed by atoms with Crippen molar-refractivity contribution in [3.8, 4) is 0 Å². The number of carbonyl (C=O) groups excluding carboxylic acids is 2. The largest absolute Gasteiger partial charge is 0.459 e. The van der Waals surface area contributed by atoms with Crippen LogP contribution in [0.25, 0.3) is 0 Å². The van der Waals surface area contributed by atoms with Gasteiger partial charge in [0.2, 0.25) is 0 Å². The fourth-order valence-corrected chi connectivity index (χ4v) is 3.99. The van der Waals surface area contributed by atoms with E-state index >= 15 is 0 Å². The van der Waals surface area contributed by atoms with E-state index in [0.717, 1.165) is 36.2 Å². The van der Waals surface area contributed by atoms with E-state index in [4.69, 9.17) is 16.3 Å². The van der Waals surface area contributed by atoms with E-state index in [2.05, 4.69) is 17.2 Å². The van der Waals surface area contributed by atoms with Gasteiger partial charge in [-0.3, -0.25) is 4.79 Å². The van der Waals surface area contributed by atoms with Gasteiger partial charge in [-0.15, -0.1) is 0 Å². The van der Waals surface area contributed by atoms with Crippen LogP contribution < -0.4 is 5.32 Å². The van der Waals surface area contributed by atoms with Gasteiger partial charge in [0.1, 0.15) is 12.4 Å². The third-order valence-electron chi connectivity index (χ3n) is 5.81.